The van der Waals surface area contributed by atoms with Crippen molar-refractivity contribution in [2.24, 2.45) is 0 Å². The number of carbonyl (C=O) groups is 2. The zero-order valence-electron chi connectivity index (χ0n) is 17.0. The Kier molecular flexibility index (Phi) is 6.74. The molecule has 2 aromatic carbocycles. The summed E-state index contributed by atoms with van der Waals surface area (Å²) in [5.41, 5.74) is 1.01. The van der Waals surface area contributed by atoms with Crippen LogP contribution in [0.2, 0.25) is 0 Å². The van der Waals surface area contributed by atoms with Crippen LogP contribution in [-0.2, 0) is 14.3 Å². The van der Waals surface area contributed by atoms with E-state index in [1.807, 2.05) is 6.92 Å². The number of amides is 1. The summed E-state index contributed by atoms with van der Waals surface area (Å²) in [7, 11) is 1.51. The molecule has 1 saturated heterocycles. The molecule has 7 nitrogen and oxygen atoms in total. The minimum Gasteiger partial charge on any atom is -0.508 e. The number of hydrogen-bond donors (Lipinski definition) is 2. The van der Waals surface area contributed by atoms with Gasteiger partial charge in [0.05, 0.1) is 18.7 Å². The second-order valence-electron chi connectivity index (χ2n) is 6.87. The summed E-state index contributed by atoms with van der Waals surface area (Å²) in [5, 5.41) is 20.6. The van der Waals surface area contributed by atoms with E-state index >= 15 is 0 Å². The van der Waals surface area contributed by atoms with Crippen molar-refractivity contribution in [3.05, 3.63) is 65.2 Å². The summed E-state index contributed by atoms with van der Waals surface area (Å²) < 4.78 is 10.5. The Balaban J connectivity index is 2.07. The number of phenols is 1. The molecule has 0 saturated carbocycles. The molecule has 3 rings (SSSR count). The van der Waals surface area contributed by atoms with E-state index in [0.29, 0.717) is 43.1 Å². The van der Waals surface area contributed by atoms with Gasteiger partial charge < -0.3 is 24.6 Å². The van der Waals surface area contributed by atoms with Gasteiger partial charge in [0.2, 0.25) is 0 Å². The van der Waals surface area contributed by atoms with Crippen LogP contribution in [0.3, 0.4) is 0 Å². The van der Waals surface area contributed by atoms with E-state index in [4.69, 9.17) is 9.47 Å². The van der Waals surface area contributed by atoms with Crippen LogP contribution in [0, 0.1) is 0 Å². The summed E-state index contributed by atoms with van der Waals surface area (Å²) >= 11 is 0. The molecule has 2 aromatic rings. The number of phenolic OH excluding ortho intramolecular Hbond substituents is 1. The van der Waals surface area contributed by atoms with Gasteiger partial charge in [0, 0.05) is 25.3 Å². The molecular formula is C23H25NO6. The molecule has 0 aliphatic carbocycles. The Morgan fingerprint density at radius 3 is 2.53 bits per heavy atom. The summed E-state index contributed by atoms with van der Waals surface area (Å²) in [6.45, 7) is 3.20. The van der Waals surface area contributed by atoms with Crippen molar-refractivity contribution >= 4 is 17.4 Å². The number of ketones is 1. The Labute approximate surface area is 175 Å². The van der Waals surface area contributed by atoms with Crippen LogP contribution >= 0.6 is 0 Å². The fourth-order valence-corrected chi connectivity index (χ4v) is 3.52. The number of Topliss-reactive ketones (excluding diaryl/α,β-unsaturated/α-hetero) is 1. The number of aromatic hydroxyl groups is 1. The van der Waals surface area contributed by atoms with Crippen molar-refractivity contribution < 1.29 is 29.3 Å². The fourth-order valence-electron chi connectivity index (χ4n) is 3.52. The van der Waals surface area contributed by atoms with Crippen molar-refractivity contribution in [3.8, 4) is 11.5 Å². The zero-order chi connectivity index (χ0) is 21.7. The number of rotatable bonds is 8. The summed E-state index contributed by atoms with van der Waals surface area (Å²) in [6.07, 6.45) is 0.550. The summed E-state index contributed by atoms with van der Waals surface area (Å²) in [6, 6.07) is 12.2. The van der Waals surface area contributed by atoms with Crippen LogP contribution in [0.1, 0.15) is 30.5 Å². The van der Waals surface area contributed by atoms with Crippen LogP contribution in [0.5, 0.6) is 11.5 Å². The molecule has 0 aromatic heterocycles. The first-order chi connectivity index (χ1) is 14.5. The number of hydrogen-bond acceptors (Lipinski definition) is 6. The molecule has 0 spiro atoms. The smallest absolute Gasteiger partial charge is 0.295 e. The van der Waals surface area contributed by atoms with Gasteiger partial charge in [-0.25, -0.2) is 0 Å². The third-order valence-corrected chi connectivity index (χ3v) is 4.98. The third kappa shape index (κ3) is 4.31. The highest BCUT2D eigenvalue weighted by Crippen LogP contribution is 2.40. The molecule has 2 N–H and O–H groups in total. The van der Waals surface area contributed by atoms with E-state index in [9.17, 15) is 19.8 Å². The molecule has 30 heavy (non-hydrogen) atoms. The second kappa shape index (κ2) is 9.45. The van der Waals surface area contributed by atoms with Crippen LogP contribution in [0.15, 0.2) is 54.1 Å². The van der Waals surface area contributed by atoms with Gasteiger partial charge in [-0.15, -0.1) is 0 Å². The highest BCUT2D eigenvalue weighted by molar-refractivity contribution is 6.46. The van der Waals surface area contributed by atoms with Crippen LogP contribution in [0.25, 0.3) is 5.76 Å². The Bertz CT molecular complexity index is 950. The lowest BCUT2D eigenvalue weighted by Gasteiger charge is -2.25. The molecule has 1 amide bonds. The summed E-state index contributed by atoms with van der Waals surface area (Å²) in [4.78, 5) is 27.2. The largest absolute Gasteiger partial charge is 0.508 e. The number of aliphatic hydroxyl groups excluding tert-OH is 1. The quantitative estimate of drug-likeness (QED) is 0.300. The number of methoxy groups -OCH3 is 1. The minimum absolute atomic E-state index is 0.00959. The van der Waals surface area contributed by atoms with Crippen molar-refractivity contribution in [2.45, 2.75) is 19.4 Å². The fraction of sp³-hybridized carbons (Fsp3) is 0.304. The lowest BCUT2D eigenvalue weighted by molar-refractivity contribution is -0.140. The van der Waals surface area contributed by atoms with Crippen molar-refractivity contribution in [1.29, 1.82) is 0 Å². The maximum atomic E-state index is 12.9. The summed E-state index contributed by atoms with van der Waals surface area (Å²) in [5.74, 6) is -1.09. The van der Waals surface area contributed by atoms with E-state index in [2.05, 4.69) is 0 Å². The lowest BCUT2D eigenvalue weighted by Crippen LogP contribution is -2.31. The third-order valence-electron chi connectivity index (χ3n) is 4.98. The van der Waals surface area contributed by atoms with E-state index in [1.165, 1.54) is 24.1 Å². The van der Waals surface area contributed by atoms with Gasteiger partial charge in [-0.3, -0.25) is 9.59 Å². The van der Waals surface area contributed by atoms with E-state index in [1.54, 1.807) is 36.4 Å². The number of nitrogens with zero attached hydrogens (tertiary/aromatic N) is 1. The molecule has 0 radical (unpaired) electrons. The van der Waals surface area contributed by atoms with Gasteiger partial charge in [0.25, 0.3) is 11.7 Å². The van der Waals surface area contributed by atoms with E-state index in [-0.39, 0.29) is 17.1 Å². The number of likely N-dealkylation sites (tertiary alicyclic amines) is 1. The first-order valence-corrected chi connectivity index (χ1v) is 9.77. The maximum Gasteiger partial charge on any atom is 0.295 e. The topological polar surface area (TPSA) is 96.3 Å². The average Bonchev–Trinajstić information content (AvgIpc) is 3.01. The van der Waals surface area contributed by atoms with Crippen molar-refractivity contribution in [3.63, 3.8) is 0 Å². The van der Waals surface area contributed by atoms with E-state index < -0.39 is 17.7 Å². The highest BCUT2D eigenvalue weighted by atomic mass is 16.5. The molecule has 158 valence electrons. The maximum absolute atomic E-state index is 12.9. The van der Waals surface area contributed by atoms with Gasteiger partial charge in [-0.1, -0.05) is 24.3 Å². The Morgan fingerprint density at radius 2 is 1.87 bits per heavy atom. The lowest BCUT2D eigenvalue weighted by atomic mass is 9.95. The second-order valence-corrected chi connectivity index (χ2v) is 6.87. The molecule has 1 heterocycles. The van der Waals surface area contributed by atoms with Crippen LogP contribution in [-0.4, -0.2) is 53.7 Å². The number of aliphatic hydroxyl groups is 1. The van der Waals surface area contributed by atoms with Gasteiger partial charge in [0.1, 0.15) is 17.3 Å². The number of benzene rings is 2. The van der Waals surface area contributed by atoms with Crippen molar-refractivity contribution in [1.82, 2.24) is 4.90 Å². The first-order valence-electron chi connectivity index (χ1n) is 9.77. The molecule has 0 bridgehead atoms. The Hall–Kier alpha value is -3.32. The SMILES string of the molecule is CCOCCCN1C(=O)C(=O)/C(=C(\O)c2cccc(OC)c2)C1c1ccc(O)cc1. The number of carbonyl (C=O) groups excluding carboxylic acids is 2. The molecule has 1 unspecified atom stereocenters. The van der Waals surface area contributed by atoms with Gasteiger partial charge in [0.15, 0.2) is 0 Å². The predicted octanol–water partition coefficient (Wildman–Crippen LogP) is 3.25. The highest BCUT2D eigenvalue weighted by Gasteiger charge is 2.45. The average molecular weight is 411 g/mol. The monoisotopic (exact) mass is 411 g/mol. The number of ether oxygens (including phenoxy) is 2. The standard InChI is InChI=1S/C23H25NO6/c1-3-30-13-5-12-24-20(15-8-10-17(25)11-9-15)19(22(27)23(24)28)21(26)16-6-4-7-18(14-16)29-2/h4,6-11,14,20,25-26H,3,5,12-13H2,1-2H3/b21-19-. The minimum atomic E-state index is -0.765. The molecule has 1 aliphatic heterocycles. The van der Waals surface area contributed by atoms with Gasteiger partial charge in [-0.2, -0.15) is 0 Å². The van der Waals surface area contributed by atoms with Gasteiger partial charge in [-0.05, 0) is 43.2 Å². The van der Waals surface area contributed by atoms with Crippen molar-refractivity contribution in [2.75, 3.05) is 26.9 Å². The predicted molar refractivity (Wildman–Crippen MR) is 111 cm³/mol. The zero-order valence-corrected chi connectivity index (χ0v) is 17.0. The molecule has 7 heteroatoms. The Morgan fingerprint density at radius 1 is 1.13 bits per heavy atom. The molecule has 1 aliphatic rings. The van der Waals surface area contributed by atoms with Crippen LogP contribution in [0.4, 0.5) is 0 Å². The van der Waals surface area contributed by atoms with Crippen LogP contribution < -0.4 is 4.74 Å². The first kappa shape index (κ1) is 21.4. The molecule has 1 atom stereocenters. The normalized spacial score (nSPS) is 18.1. The van der Waals surface area contributed by atoms with E-state index in [0.717, 1.165) is 0 Å². The van der Waals surface area contributed by atoms with Gasteiger partial charge >= 0.3 is 0 Å². The molecule has 1 fully saturated rings. The molecular weight excluding hydrogens is 386 g/mol.